The fourth-order valence-electron chi connectivity index (χ4n) is 1.31. The zero-order valence-electron chi connectivity index (χ0n) is 7.55. The Morgan fingerprint density at radius 2 is 1.93 bits per heavy atom. The van der Waals surface area contributed by atoms with Gasteiger partial charge < -0.3 is 0 Å². The molecule has 14 heavy (non-hydrogen) atoms. The number of nitrogens with zero attached hydrogens (tertiary/aromatic N) is 1. The summed E-state index contributed by atoms with van der Waals surface area (Å²) in [6, 6.07) is 7.50. The lowest BCUT2D eigenvalue weighted by molar-refractivity contribution is 0.104. The Labute approximate surface area is 82.3 Å². The molecule has 2 heteroatoms. The maximum Gasteiger partial charge on any atom is 0.187 e. The molecule has 2 rings (SSSR count). The summed E-state index contributed by atoms with van der Waals surface area (Å²) in [6.07, 6.45) is 8.34. The van der Waals surface area contributed by atoms with Crippen LogP contribution in [0.3, 0.4) is 0 Å². The second-order valence-corrected chi connectivity index (χ2v) is 2.92. The summed E-state index contributed by atoms with van der Waals surface area (Å²) in [6.45, 7) is 0. The molecule has 1 aliphatic rings. The number of hydrogen-bond acceptors (Lipinski definition) is 2. The predicted molar refractivity (Wildman–Crippen MR) is 57.4 cm³/mol. The summed E-state index contributed by atoms with van der Waals surface area (Å²) >= 11 is 0. The van der Waals surface area contributed by atoms with E-state index in [0.717, 1.165) is 5.56 Å². The minimum Gasteiger partial charge on any atom is -0.289 e. The van der Waals surface area contributed by atoms with E-state index in [2.05, 4.69) is 4.99 Å². The molecule has 0 spiro atoms. The summed E-state index contributed by atoms with van der Waals surface area (Å²) in [5.74, 6) is -0.00991. The van der Waals surface area contributed by atoms with Gasteiger partial charge in [-0.1, -0.05) is 30.3 Å². The highest BCUT2D eigenvalue weighted by atomic mass is 16.1. The first-order chi connectivity index (χ1) is 6.88. The Hall–Kier alpha value is -1.96. The maximum absolute atomic E-state index is 11.6. The number of benzene rings is 1. The van der Waals surface area contributed by atoms with Crippen molar-refractivity contribution in [2.24, 2.45) is 4.99 Å². The van der Waals surface area contributed by atoms with E-state index in [0.29, 0.717) is 5.56 Å². The van der Waals surface area contributed by atoms with Gasteiger partial charge in [-0.05, 0) is 11.6 Å². The van der Waals surface area contributed by atoms with Gasteiger partial charge in [-0.3, -0.25) is 9.79 Å². The average Bonchev–Trinajstić information content (AvgIpc) is 2.30. The van der Waals surface area contributed by atoms with Crippen LogP contribution in [0, 0.1) is 0 Å². The van der Waals surface area contributed by atoms with Crippen LogP contribution < -0.4 is 0 Å². The Morgan fingerprint density at radius 1 is 1.07 bits per heavy atom. The van der Waals surface area contributed by atoms with Crippen molar-refractivity contribution in [1.29, 1.82) is 0 Å². The van der Waals surface area contributed by atoms with Crippen LogP contribution in [0.1, 0.15) is 15.9 Å². The number of aliphatic imine (C=N–C) groups is 1. The molecule has 0 aromatic heterocycles. The predicted octanol–water partition coefficient (Wildman–Crippen LogP) is 2.48. The lowest BCUT2D eigenvalue weighted by atomic mass is 10.0. The molecule has 0 radical (unpaired) electrons. The first kappa shape index (κ1) is 8.63. The van der Waals surface area contributed by atoms with Crippen molar-refractivity contribution in [3.63, 3.8) is 0 Å². The first-order valence-electron chi connectivity index (χ1n) is 4.38. The Balaban J connectivity index is 2.57. The Morgan fingerprint density at radius 3 is 2.86 bits per heavy atom. The molecule has 0 N–H and O–H groups in total. The highest BCUT2D eigenvalue weighted by Gasteiger charge is 2.05. The average molecular weight is 183 g/mol. The van der Waals surface area contributed by atoms with Crippen LogP contribution in [0.25, 0.3) is 6.08 Å². The van der Waals surface area contributed by atoms with Gasteiger partial charge in [-0.25, -0.2) is 0 Å². The molecular weight excluding hydrogens is 174 g/mol. The minimum atomic E-state index is -0.00991. The second kappa shape index (κ2) is 3.83. The van der Waals surface area contributed by atoms with Gasteiger partial charge in [-0.15, -0.1) is 0 Å². The molecule has 0 saturated heterocycles. The third-order valence-electron chi connectivity index (χ3n) is 1.99. The van der Waals surface area contributed by atoms with Gasteiger partial charge in [0.25, 0.3) is 0 Å². The molecule has 0 atom stereocenters. The van der Waals surface area contributed by atoms with Crippen molar-refractivity contribution in [3.05, 3.63) is 53.7 Å². The van der Waals surface area contributed by atoms with Gasteiger partial charge >= 0.3 is 0 Å². The quantitative estimate of drug-likeness (QED) is 0.607. The molecule has 0 unspecified atom stereocenters. The van der Waals surface area contributed by atoms with E-state index in [-0.39, 0.29) is 5.78 Å². The van der Waals surface area contributed by atoms with Gasteiger partial charge in [0, 0.05) is 24.1 Å². The van der Waals surface area contributed by atoms with Crippen molar-refractivity contribution >= 4 is 18.1 Å². The monoisotopic (exact) mass is 183 g/mol. The molecule has 1 aliphatic heterocycles. The highest BCUT2D eigenvalue weighted by molar-refractivity contribution is 6.07. The summed E-state index contributed by atoms with van der Waals surface area (Å²) in [5.41, 5.74) is 1.64. The van der Waals surface area contributed by atoms with Crippen molar-refractivity contribution < 1.29 is 4.79 Å². The zero-order chi connectivity index (χ0) is 9.80. The van der Waals surface area contributed by atoms with E-state index in [1.54, 1.807) is 6.21 Å². The molecule has 0 aliphatic carbocycles. The van der Waals surface area contributed by atoms with Gasteiger partial charge in [0.2, 0.25) is 0 Å². The Bertz CT molecular complexity index is 441. The molecule has 0 bridgehead atoms. The largest absolute Gasteiger partial charge is 0.289 e. The second-order valence-electron chi connectivity index (χ2n) is 2.92. The SMILES string of the molecule is O=C1\C=C/N=C\C=C/c2ccccc21. The Kier molecular flexibility index (Phi) is 2.36. The number of carbonyl (C=O) groups excluding carboxylic acids is 1. The molecule has 1 heterocycles. The van der Waals surface area contributed by atoms with Gasteiger partial charge in [0.1, 0.15) is 0 Å². The van der Waals surface area contributed by atoms with E-state index in [1.807, 2.05) is 36.4 Å². The lowest BCUT2D eigenvalue weighted by Crippen LogP contribution is -1.96. The van der Waals surface area contributed by atoms with Crippen LogP contribution in [0.5, 0.6) is 0 Å². The van der Waals surface area contributed by atoms with Crippen LogP contribution in [0.15, 0.2) is 47.6 Å². The summed E-state index contributed by atoms with van der Waals surface area (Å²) in [4.78, 5) is 15.5. The topological polar surface area (TPSA) is 29.4 Å². The van der Waals surface area contributed by atoms with E-state index >= 15 is 0 Å². The smallest absolute Gasteiger partial charge is 0.187 e. The van der Waals surface area contributed by atoms with Crippen molar-refractivity contribution in [1.82, 2.24) is 0 Å². The molecular formula is C12H9NO. The standard InChI is InChI=1S/C12H9NO/c14-12-7-9-13-8-3-5-10-4-1-2-6-11(10)12/h1-9H/b5-3-,9-7-,13-8-. The van der Waals surface area contributed by atoms with Crippen molar-refractivity contribution in [2.45, 2.75) is 0 Å². The van der Waals surface area contributed by atoms with Gasteiger partial charge in [0.15, 0.2) is 5.78 Å². The number of carbonyl (C=O) groups is 1. The normalized spacial score (nSPS) is 21.3. The first-order valence-corrected chi connectivity index (χ1v) is 4.38. The molecule has 68 valence electrons. The van der Waals surface area contributed by atoms with Gasteiger partial charge in [0.05, 0.1) is 0 Å². The molecule has 2 nitrogen and oxygen atoms in total. The number of allylic oxidation sites excluding steroid dienone is 2. The van der Waals surface area contributed by atoms with Crippen molar-refractivity contribution in [3.8, 4) is 0 Å². The van der Waals surface area contributed by atoms with Crippen LogP contribution in [-0.2, 0) is 0 Å². The summed E-state index contributed by atoms with van der Waals surface area (Å²) in [7, 11) is 0. The molecule has 0 amide bonds. The molecule has 1 aromatic carbocycles. The number of rotatable bonds is 0. The van der Waals surface area contributed by atoms with Crippen molar-refractivity contribution in [2.75, 3.05) is 0 Å². The fourth-order valence-corrected chi connectivity index (χ4v) is 1.31. The van der Waals surface area contributed by atoms with Crippen LogP contribution in [-0.4, -0.2) is 12.0 Å². The fraction of sp³-hybridized carbons (Fsp3) is 0. The number of fused-ring (bicyclic) bond motifs is 1. The summed E-state index contributed by atoms with van der Waals surface area (Å²) < 4.78 is 0. The van der Waals surface area contributed by atoms with E-state index < -0.39 is 0 Å². The van der Waals surface area contributed by atoms with Crippen LogP contribution >= 0.6 is 0 Å². The number of hydrogen-bond donors (Lipinski definition) is 0. The zero-order valence-corrected chi connectivity index (χ0v) is 7.55. The molecule has 0 fully saturated rings. The van der Waals surface area contributed by atoms with Crippen LogP contribution in [0.4, 0.5) is 0 Å². The highest BCUT2D eigenvalue weighted by Crippen LogP contribution is 2.12. The number of ketones is 1. The van der Waals surface area contributed by atoms with Crippen LogP contribution in [0.2, 0.25) is 0 Å². The minimum absolute atomic E-state index is 0.00991. The third-order valence-corrected chi connectivity index (χ3v) is 1.99. The molecule has 0 saturated carbocycles. The van der Waals surface area contributed by atoms with Gasteiger partial charge in [-0.2, -0.15) is 0 Å². The molecule has 1 aromatic rings. The lowest BCUT2D eigenvalue weighted by Gasteiger charge is -2.00. The summed E-state index contributed by atoms with van der Waals surface area (Å²) in [5, 5.41) is 0. The maximum atomic E-state index is 11.6. The van der Waals surface area contributed by atoms with E-state index in [9.17, 15) is 4.79 Å². The van der Waals surface area contributed by atoms with E-state index in [4.69, 9.17) is 0 Å². The third kappa shape index (κ3) is 1.69. The van der Waals surface area contributed by atoms with E-state index in [1.165, 1.54) is 12.3 Å².